The minimum atomic E-state index is -0.286. The third-order valence-corrected chi connectivity index (χ3v) is 5.30. The Morgan fingerprint density at radius 2 is 2.33 bits per heavy atom. The summed E-state index contributed by atoms with van der Waals surface area (Å²) in [6, 6.07) is 7.98. The number of para-hydroxylation sites is 2. The van der Waals surface area contributed by atoms with Crippen molar-refractivity contribution in [3.8, 4) is 0 Å². The van der Waals surface area contributed by atoms with Crippen LogP contribution in [0.1, 0.15) is 19.3 Å². The van der Waals surface area contributed by atoms with Gasteiger partial charge in [-0.15, -0.1) is 0 Å². The van der Waals surface area contributed by atoms with Gasteiger partial charge in [0.1, 0.15) is 11.7 Å². The van der Waals surface area contributed by atoms with Crippen LogP contribution >= 0.6 is 0 Å². The van der Waals surface area contributed by atoms with E-state index in [2.05, 4.69) is 4.98 Å². The molecule has 2 fully saturated rings. The summed E-state index contributed by atoms with van der Waals surface area (Å²) in [4.78, 5) is 18.9. The second kappa shape index (κ2) is 6.18. The molecule has 0 N–H and O–H groups in total. The Morgan fingerprint density at radius 3 is 3.12 bits per heavy atom. The van der Waals surface area contributed by atoms with E-state index in [0.29, 0.717) is 26.1 Å². The number of ether oxygens (including phenoxy) is 2. The number of carbonyl (C=O) groups is 1. The highest BCUT2D eigenvalue weighted by atomic mass is 16.6. The number of rotatable bonds is 4. The predicted octanol–water partition coefficient (Wildman–Crippen LogP) is 1.83. The van der Waals surface area contributed by atoms with Gasteiger partial charge in [0.15, 0.2) is 0 Å². The Morgan fingerprint density at radius 1 is 1.46 bits per heavy atom. The molecule has 6 nitrogen and oxygen atoms in total. The fourth-order valence-electron chi connectivity index (χ4n) is 4.00. The first-order valence-electron chi connectivity index (χ1n) is 8.56. The SMILES string of the molecule is CO[C@H]1CN(C(=O)CCn2cnc3ccccc32)C[C@@]12CCCO2. The van der Waals surface area contributed by atoms with E-state index in [4.69, 9.17) is 9.47 Å². The highest BCUT2D eigenvalue weighted by Crippen LogP contribution is 2.36. The number of benzene rings is 1. The van der Waals surface area contributed by atoms with Crippen molar-refractivity contribution >= 4 is 16.9 Å². The summed E-state index contributed by atoms with van der Waals surface area (Å²) < 4.78 is 13.6. The molecule has 2 atom stereocenters. The van der Waals surface area contributed by atoms with E-state index in [1.165, 1.54) is 0 Å². The summed E-state index contributed by atoms with van der Waals surface area (Å²) in [5, 5.41) is 0. The van der Waals surface area contributed by atoms with Crippen LogP contribution < -0.4 is 0 Å². The van der Waals surface area contributed by atoms with Gasteiger partial charge in [-0.2, -0.15) is 0 Å². The smallest absolute Gasteiger partial charge is 0.224 e. The van der Waals surface area contributed by atoms with Gasteiger partial charge < -0.3 is 18.9 Å². The largest absolute Gasteiger partial charge is 0.377 e. The lowest BCUT2D eigenvalue weighted by atomic mass is 9.96. The molecule has 2 aliphatic rings. The normalized spacial score (nSPS) is 26.7. The van der Waals surface area contributed by atoms with E-state index >= 15 is 0 Å². The summed E-state index contributed by atoms with van der Waals surface area (Å²) in [5.74, 6) is 0.155. The number of hydrogen-bond donors (Lipinski definition) is 0. The van der Waals surface area contributed by atoms with Crippen LogP contribution in [0.2, 0.25) is 0 Å². The molecule has 1 spiro atoms. The number of fused-ring (bicyclic) bond motifs is 1. The summed E-state index contributed by atoms with van der Waals surface area (Å²) in [7, 11) is 1.71. The average Bonchev–Trinajstić information content (AvgIpc) is 3.32. The number of imidazole rings is 1. The minimum Gasteiger partial charge on any atom is -0.377 e. The number of carbonyl (C=O) groups excluding carboxylic acids is 1. The van der Waals surface area contributed by atoms with Gasteiger partial charge >= 0.3 is 0 Å². The van der Waals surface area contributed by atoms with E-state index in [1.54, 1.807) is 7.11 Å². The summed E-state index contributed by atoms with van der Waals surface area (Å²) in [6.45, 7) is 2.68. The standard InChI is InChI=1S/C18H23N3O3/c1-23-16-11-21(12-18(16)8-4-10-24-18)17(22)7-9-20-13-19-14-5-2-3-6-15(14)20/h2-3,5-6,13,16H,4,7-12H2,1H3/t16-,18-/m0/s1. The Hall–Kier alpha value is -1.92. The molecule has 0 bridgehead atoms. The van der Waals surface area contributed by atoms with Crippen molar-refractivity contribution in [3.63, 3.8) is 0 Å². The molecule has 1 amide bonds. The monoisotopic (exact) mass is 329 g/mol. The van der Waals surface area contributed by atoms with Gasteiger partial charge in [-0.1, -0.05) is 12.1 Å². The summed E-state index contributed by atoms with van der Waals surface area (Å²) in [5.41, 5.74) is 1.74. The first-order chi connectivity index (χ1) is 11.7. The van der Waals surface area contributed by atoms with E-state index in [1.807, 2.05) is 40.1 Å². The van der Waals surface area contributed by atoms with Crippen LogP contribution in [0, 0.1) is 0 Å². The van der Waals surface area contributed by atoms with Crippen LogP contribution in [0.5, 0.6) is 0 Å². The highest BCUT2D eigenvalue weighted by molar-refractivity contribution is 5.78. The van der Waals surface area contributed by atoms with Gasteiger partial charge in [-0.05, 0) is 25.0 Å². The maximum atomic E-state index is 12.7. The van der Waals surface area contributed by atoms with Crippen LogP contribution in [0.15, 0.2) is 30.6 Å². The molecule has 6 heteroatoms. The molecular formula is C18H23N3O3. The predicted molar refractivity (Wildman–Crippen MR) is 89.6 cm³/mol. The van der Waals surface area contributed by atoms with Crippen LogP contribution in [0.25, 0.3) is 11.0 Å². The van der Waals surface area contributed by atoms with Gasteiger partial charge in [-0.25, -0.2) is 4.98 Å². The number of nitrogens with zero attached hydrogens (tertiary/aromatic N) is 3. The topological polar surface area (TPSA) is 56.6 Å². The van der Waals surface area contributed by atoms with Crippen LogP contribution in [0.3, 0.4) is 0 Å². The maximum absolute atomic E-state index is 12.7. The van der Waals surface area contributed by atoms with Crippen molar-refractivity contribution in [2.45, 2.75) is 37.5 Å². The first-order valence-corrected chi connectivity index (χ1v) is 8.56. The van der Waals surface area contributed by atoms with E-state index in [9.17, 15) is 4.79 Å². The van der Waals surface area contributed by atoms with Crippen molar-refractivity contribution in [3.05, 3.63) is 30.6 Å². The lowest BCUT2D eigenvalue weighted by Crippen LogP contribution is -2.42. The molecule has 0 aliphatic carbocycles. The fraction of sp³-hybridized carbons (Fsp3) is 0.556. The van der Waals surface area contributed by atoms with E-state index in [-0.39, 0.29) is 17.6 Å². The second-order valence-electron chi connectivity index (χ2n) is 6.69. The third kappa shape index (κ3) is 2.59. The summed E-state index contributed by atoms with van der Waals surface area (Å²) >= 11 is 0. The Kier molecular flexibility index (Phi) is 4.02. The molecule has 2 aliphatic heterocycles. The quantitative estimate of drug-likeness (QED) is 0.859. The van der Waals surface area contributed by atoms with Gasteiger partial charge in [0.2, 0.25) is 5.91 Å². The van der Waals surface area contributed by atoms with Crippen molar-refractivity contribution < 1.29 is 14.3 Å². The third-order valence-electron chi connectivity index (χ3n) is 5.30. The zero-order valence-corrected chi connectivity index (χ0v) is 14.0. The Balaban J connectivity index is 1.42. The number of aromatic nitrogens is 2. The van der Waals surface area contributed by atoms with Gasteiger partial charge in [0.05, 0.1) is 23.9 Å². The van der Waals surface area contributed by atoms with Crippen LogP contribution in [-0.2, 0) is 20.8 Å². The first kappa shape index (κ1) is 15.6. The zero-order valence-electron chi connectivity index (χ0n) is 14.0. The molecule has 24 heavy (non-hydrogen) atoms. The van der Waals surface area contributed by atoms with Crippen LogP contribution in [0.4, 0.5) is 0 Å². The maximum Gasteiger partial charge on any atom is 0.224 e. The van der Waals surface area contributed by atoms with Crippen molar-refractivity contribution in [1.29, 1.82) is 0 Å². The molecule has 2 aromatic rings. The molecular weight excluding hydrogens is 306 g/mol. The number of amides is 1. The van der Waals surface area contributed by atoms with Crippen molar-refractivity contribution in [2.75, 3.05) is 26.8 Å². The average molecular weight is 329 g/mol. The van der Waals surface area contributed by atoms with Gasteiger partial charge in [0.25, 0.3) is 0 Å². The molecule has 4 rings (SSSR count). The van der Waals surface area contributed by atoms with Gasteiger partial charge in [-0.3, -0.25) is 4.79 Å². The molecule has 2 saturated heterocycles. The molecule has 1 aromatic carbocycles. The summed E-state index contributed by atoms with van der Waals surface area (Å²) in [6.07, 6.45) is 4.27. The lowest BCUT2D eigenvalue weighted by Gasteiger charge is -2.27. The minimum absolute atomic E-state index is 0.0157. The fourth-order valence-corrected chi connectivity index (χ4v) is 4.00. The Bertz CT molecular complexity index is 736. The molecule has 0 radical (unpaired) electrons. The molecule has 3 heterocycles. The van der Waals surface area contributed by atoms with Gasteiger partial charge in [0, 0.05) is 33.2 Å². The molecule has 0 saturated carbocycles. The molecule has 1 aromatic heterocycles. The second-order valence-corrected chi connectivity index (χ2v) is 6.69. The van der Waals surface area contributed by atoms with E-state index < -0.39 is 0 Å². The highest BCUT2D eigenvalue weighted by Gasteiger charge is 2.51. The number of methoxy groups -OCH3 is 1. The number of hydrogen-bond acceptors (Lipinski definition) is 4. The number of likely N-dealkylation sites (tertiary alicyclic amines) is 1. The molecule has 0 unspecified atom stereocenters. The van der Waals surface area contributed by atoms with Crippen LogP contribution in [-0.4, -0.2) is 58.9 Å². The zero-order chi connectivity index (χ0) is 16.6. The molecule has 128 valence electrons. The van der Waals surface area contributed by atoms with E-state index in [0.717, 1.165) is 30.5 Å². The lowest BCUT2D eigenvalue weighted by molar-refractivity contribution is -0.131. The Labute approximate surface area is 141 Å². The van der Waals surface area contributed by atoms with Crippen molar-refractivity contribution in [1.82, 2.24) is 14.5 Å². The number of aryl methyl sites for hydroxylation is 1. The van der Waals surface area contributed by atoms with Crippen molar-refractivity contribution in [2.24, 2.45) is 0 Å².